The minimum Gasteiger partial charge on any atom is -0.479 e. The number of carbonyl (C=O) groups excluding carboxylic acids is 1. The van der Waals surface area contributed by atoms with Gasteiger partial charge in [0.15, 0.2) is 6.10 Å². The molecule has 6 nitrogen and oxygen atoms in total. The lowest BCUT2D eigenvalue weighted by Crippen LogP contribution is -2.30. The van der Waals surface area contributed by atoms with Crippen molar-refractivity contribution in [3.05, 3.63) is 83.4 Å². The highest BCUT2D eigenvalue weighted by Crippen LogP contribution is 2.24. The number of benzene rings is 3. The standard InChI is InChI=1S/C22H21ClN2O4S/c1-15-6-5-7-18(14-15)25-30(27,28)19-12-10-17(11-13-19)24-22(26)16(2)29-21-9-4-3-8-20(21)23/h3-14,16,25H,1-2H3,(H,24,26). The predicted molar refractivity (Wildman–Crippen MR) is 119 cm³/mol. The average molecular weight is 445 g/mol. The molecule has 0 heterocycles. The number of hydrogen-bond donors (Lipinski definition) is 2. The molecule has 0 aliphatic heterocycles. The predicted octanol–water partition coefficient (Wildman–Crippen LogP) is 4.86. The summed E-state index contributed by atoms with van der Waals surface area (Å²) in [6, 6.07) is 19.8. The molecule has 0 saturated carbocycles. The van der Waals surface area contributed by atoms with Crippen molar-refractivity contribution in [2.45, 2.75) is 24.8 Å². The largest absolute Gasteiger partial charge is 0.479 e. The van der Waals surface area contributed by atoms with E-state index in [9.17, 15) is 13.2 Å². The van der Waals surface area contributed by atoms with Crippen LogP contribution in [-0.2, 0) is 14.8 Å². The molecular weight excluding hydrogens is 424 g/mol. The van der Waals surface area contributed by atoms with Crippen molar-refractivity contribution in [2.75, 3.05) is 10.0 Å². The van der Waals surface area contributed by atoms with E-state index in [-0.39, 0.29) is 10.8 Å². The molecule has 0 aromatic heterocycles. The van der Waals surface area contributed by atoms with Crippen LogP contribution >= 0.6 is 11.6 Å². The van der Waals surface area contributed by atoms with Gasteiger partial charge in [0.25, 0.3) is 15.9 Å². The maximum absolute atomic E-state index is 12.6. The Hall–Kier alpha value is -3.03. The van der Waals surface area contributed by atoms with E-state index >= 15 is 0 Å². The van der Waals surface area contributed by atoms with Gasteiger partial charge in [0.05, 0.1) is 9.92 Å². The van der Waals surface area contributed by atoms with Crippen LogP contribution in [0.2, 0.25) is 5.02 Å². The number of anilines is 2. The number of aryl methyl sites for hydroxylation is 1. The fraction of sp³-hybridized carbons (Fsp3) is 0.136. The summed E-state index contributed by atoms with van der Waals surface area (Å²) in [5.41, 5.74) is 1.88. The number of hydrogen-bond acceptors (Lipinski definition) is 4. The highest BCUT2D eigenvalue weighted by atomic mass is 35.5. The minimum absolute atomic E-state index is 0.0855. The van der Waals surface area contributed by atoms with E-state index < -0.39 is 16.1 Å². The first-order valence-corrected chi connectivity index (χ1v) is 11.0. The number of para-hydroxylation sites is 1. The Morgan fingerprint density at radius 3 is 2.33 bits per heavy atom. The number of amides is 1. The zero-order chi connectivity index (χ0) is 21.7. The van der Waals surface area contributed by atoms with E-state index in [0.717, 1.165) is 5.56 Å². The van der Waals surface area contributed by atoms with Crippen molar-refractivity contribution in [1.82, 2.24) is 0 Å². The van der Waals surface area contributed by atoms with Gasteiger partial charge in [0.2, 0.25) is 0 Å². The van der Waals surface area contributed by atoms with Crippen molar-refractivity contribution >= 4 is 38.9 Å². The highest BCUT2D eigenvalue weighted by Gasteiger charge is 2.18. The third-order valence-electron chi connectivity index (χ3n) is 4.21. The highest BCUT2D eigenvalue weighted by molar-refractivity contribution is 7.92. The Morgan fingerprint density at radius 2 is 1.67 bits per heavy atom. The van der Waals surface area contributed by atoms with Crippen LogP contribution in [0, 0.1) is 6.92 Å². The number of nitrogens with one attached hydrogen (secondary N) is 2. The van der Waals surface area contributed by atoms with Crippen LogP contribution in [0.5, 0.6) is 5.75 Å². The lowest BCUT2D eigenvalue weighted by Gasteiger charge is -2.16. The zero-order valence-electron chi connectivity index (χ0n) is 16.4. The van der Waals surface area contributed by atoms with Gasteiger partial charge < -0.3 is 10.1 Å². The number of carbonyl (C=O) groups is 1. The Bertz CT molecular complexity index is 1150. The van der Waals surface area contributed by atoms with Crippen molar-refractivity contribution in [1.29, 1.82) is 0 Å². The van der Waals surface area contributed by atoms with Crippen molar-refractivity contribution in [3.63, 3.8) is 0 Å². The Balaban J connectivity index is 1.65. The van der Waals surface area contributed by atoms with Gasteiger partial charge >= 0.3 is 0 Å². The number of halogens is 1. The fourth-order valence-electron chi connectivity index (χ4n) is 2.67. The summed E-state index contributed by atoms with van der Waals surface area (Å²) in [4.78, 5) is 12.5. The second-order valence-electron chi connectivity index (χ2n) is 6.68. The van der Waals surface area contributed by atoms with Gasteiger partial charge in [0.1, 0.15) is 5.75 Å². The first-order chi connectivity index (χ1) is 14.2. The summed E-state index contributed by atoms with van der Waals surface area (Å²) >= 11 is 6.04. The third kappa shape index (κ3) is 5.52. The summed E-state index contributed by atoms with van der Waals surface area (Å²) in [5, 5.41) is 3.10. The molecule has 30 heavy (non-hydrogen) atoms. The molecule has 1 atom stereocenters. The minimum atomic E-state index is -3.74. The van der Waals surface area contributed by atoms with E-state index in [1.54, 1.807) is 49.4 Å². The first-order valence-electron chi connectivity index (χ1n) is 9.16. The molecule has 1 unspecified atom stereocenters. The summed E-state index contributed by atoms with van der Waals surface area (Å²) in [6.07, 6.45) is -0.795. The van der Waals surface area contributed by atoms with Crippen LogP contribution < -0.4 is 14.8 Å². The molecule has 3 aromatic carbocycles. The SMILES string of the molecule is Cc1cccc(NS(=O)(=O)c2ccc(NC(=O)C(C)Oc3ccccc3Cl)cc2)c1. The summed E-state index contributed by atoms with van der Waals surface area (Å²) < 4.78 is 33.2. The fourth-order valence-corrected chi connectivity index (χ4v) is 3.90. The van der Waals surface area contributed by atoms with Gasteiger partial charge in [-0.3, -0.25) is 9.52 Å². The molecule has 0 spiro atoms. The second-order valence-corrected chi connectivity index (χ2v) is 8.77. The quantitative estimate of drug-likeness (QED) is 0.545. The van der Waals surface area contributed by atoms with E-state index in [1.165, 1.54) is 24.3 Å². The molecule has 3 aromatic rings. The molecule has 0 aliphatic carbocycles. The Kier molecular flexibility index (Phi) is 6.64. The lowest BCUT2D eigenvalue weighted by atomic mass is 10.2. The van der Waals surface area contributed by atoms with E-state index in [1.807, 2.05) is 13.0 Å². The van der Waals surface area contributed by atoms with Crippen LogP contribution in [0.4, 0.5) is 11.4 Å². The molecule has 0 radical (unpaired) electrons. The summed E-state index contributed by atoms with van der Waals surface area (Å²) in [5.74, 6) is 0.0221. The zero-order valence-corrected chi connectivity index (χ0v) is 18.0. The average Bonchev–Trinajstić information content (AvgIpc) is 2.70. The van der Waals surface area contributed by atoms with Crippen LogP contribution in [0.15, 0.2) is 77.7 Å². The number of ether oxygens (including phenoxy) is 1. The Morgan fingerprint density at radius 1 is 0.967 bits per heavy atom. The van der Waals surface area contributed by atoms with Gasteiger partial charge in [-0.1, -0.05) is 35.9 Å². The normalized spacial score (nSPS) is 12.1. The maximum atomic E-state index is 12.6. The van der Waals surface area contributed by atoms with E-state index in [2.05, 4.69) is 10.0 Å². The van der Waals surface area contributed by atoms with Crippen LogP contribution in [-0.4, -0.2) is 20.4 Å². The van der Waals surface area contributed by atoms with Gasteiger partial charge in [-0.05, 0) is 67.9 Å². The third-order valence-corrected chi connectivity index (χ3v) is 5.92. The van der Waals surface area contributed by atoms with Crippen LogP contribution in [0.1, 0.15) is 12.5 Å². The maximum Gasteiger partial charge on any atom is 0.265 e. The van der Waals surface area contributed by atoms with Gasteiger partial charge in [-0.15, -0.1) is 0 Å². The van der Waals surface area contributed by atoms with Gasteiger partial charge in [-0.25, -0.2) is 8.42 Å². The topological polar surface area (TPSA) is 84.5 Å². The van der Waals surface area contributed by atoms with Crippen molar-refractivity contribution in [3.8, 4) is 5.75 Å². The van der Waals surface area contributed by atoms with E-state index in [0.29, 0.717) is 22.1 Å². The van der Waals surface area contributed by atoms with Crippen LogP contribution in [0.25, 0.3) is 0 Å². The molecule has 0 fully saturated rings. The first kappa shape index (κ1) is 21.7. The number of rotatable bonds is 7. The van der Waals surface area contributed by atoms with Crippen molar-refractivity contribution < 1.29 is 17.9 Å². The molecule has 0 bridgehead atoms. The molecule has 0 saturated heterocycles. The molecule has 1 amide bonds. The number of sulfonamides is 1. The van der Waals surface area contributed by atoms with Crippen molar-refractivity contribution in [2.24, 2.45) is 0 Å². The smallest absolute Gasteiger partial charge is 0.265 e. The molecule has 3 rings (SSSR count). The Labute approximate surface area is 180 Å². The molecular formula is C22H21ClN2O4S. The lowest BCUT2D eigenvalue weighted by molar-refractivity contribution is -0.122. The van der Waals surface area contributed by atoms with E-state index in [4.69, 9.17) is 16.3 Å². The molecule has 156 valence electrons. The van der Waals surface area contributed by atoms with Gasteiger partial charge in [0, 0.05) is 11.4 Å². The van der Waals surface area contributed by atoms with Crippen LogP contribution in [0.3, 0.4) is 0 Å². The molecule has 8 heteroatoms. The monoisotopic (exact) mass is 444 g/mol. The molecule has 2 N–H and O–H groups in total. The summed E-state index contributed by atoms with van der Waals surface area (Å²) in [6.45, 7) is 3.48. The second kappa shape index (κ2) is 9.19. The summed E-state index contributed by atoms with van der Waals surface area (Å²) in [7, 11) is -3.74. The molecule has 0 aliphatic rings. The van der Waals surface area contributed by atoms with Gasteiger partial charge in [-0.2, -0.15) is 0 Å².